The third-order valence-electron chi connectivity index (χ3n) is 3.67. The number of anilines is 2. The Labute approximate surface area is 158 Å². The van der Waals surface area contributed by atoms with E-state index in [9.17, 15) is 5.26 Å². The van der Waals surface area contributed by atoms with Crippen molar-refractivity contribution in [3.05, 3.63) is 59.1 Å². The normalized spacial score (nSPS) is 10.7. The summed E-state index contributed by atoms with van der Waals surface area (Å²) in [6.45, 7) is 1.82. The van der Waals surface area contributed by atoms with Gasteiger partial charge in [0.2, 0.25) is 0 Å². The van der Waals surface area contributed by atoms with Gasteiger partial charge in [-0.15, -0.1) is 11.3 Å². The topological polar surface area (TPSA) is 87.4 Å². The molecule has 8 heteroatoms. The minimum atomic E-state index is 0.491. The third-order valence-corrected chi connectivity index (χ3v) is 5.09. The average molecular weight is 379 g/mol. The fourth-order valence-electron chi connectivity index (χ4n) is 2.53. The molecule has 0 amide bonds. The van der Waals surface area contributed by atoms with E-state index in [1.807, 2.05) is 13.0 Å². The lowest BCUT2D eigenvalue weighted by Crippen LogP contribution is -1.98. The molecule has 3 aromatic heterocycles. The van der Waals surface area contributed by atoms with Crippen molar-refractivity contribution in [2.75, 3.05) is 5.32 Å². The number of benzene rings is 1. The molecule has 0 atom stereocenters. The molecule has 0 radical (unpaired) electrons. The van der Waals surface area contributed by atoms with E-state index < -0.39 is 0 Å². The number of aryl methyl sites for hydroxylation is 1. The molecule has 0 aliphatic rings. The van der Waals surface area contributed by atoms with Crippen molar-refractivity contribution in [2.24, 2.45) is 0 Å². The summed E-state index contributed by atoms with van der Waals surface area (Å²) in [6, 6.07) is 11.0. The number of halogens is 1. The number of fused-ring (bicyclic) bond motifs is 1. The number of nitrogens with zero attached hydrogens (tertiary/aromatic N) is 5. The number of hydrogen-bond acceptors (Lipinski definition) is 7. The summed E-state index contributed by atoms with van der Waals surface area (Å²) in [4.78, 5) is 17.5. The second kappa shape index (κ2) is 6.67. The predicted octanol–water partition coefficient (Wildman–Crippen LogP) is 4.73. The molecule has 0 unspecified atom stereocenters. The Balaban J connectivity index is 1.83. The van der Waals surface area contributed by atoms with E-state index in [0.29, 0.717) is 38.6 Å². The Morgan fingerprint density at radius 2 is 1.96 bits per heavy atom. The number of aromatic nitrogens is 4. The molecule has 0 saturated carbocycles. The first kappa shape index (κ1) is 16.4. The molecular formula is C18H11ClN6S. The van der Waals surface area contributed by atoms with E-state index in [2.05, 4.69) is 31.3 Å². The van der Waals surface area contributed by atoms with Crippen LogP contribution in [0.15, 0.2) is 42.7 Å². The van der Waals surface area contributed by atoms with Crippen molar-refractivity contribution >= 4 is 44.8 Å². The van der Waals surface area contributed by atoms with Gasteiger partial charge in [-0.3, -0.25) is 0 Å². The molecule has 6 nitrogen and oxygen atoms in total. The van der Waals surface area contributed by atoms with E-state index in [-0.39, 0.29) is 0 Å². The third kappa shape index (κ3) is 2.96. The summed E-state index contributed by atoms with van der Waals surface area (Å²) in [5.74, 6) is 1.97. The van der Waals surface area contributed by atoms with Crippen LogP contribution in [0.1, 0.15) is 11.4 Å². The Kier molecular flexibility index (Phi) is 4.21. The van der Waals surface area contributed by atoms with Crippen molar-refractivity contribution in [2.45, 2.75) is 6.92 Å². The van der Waals surface area contributed by atoms with Crippen LogP contribution in [0, 0.1) is 18.3 Å². The molecule has 1 aromatic carbocycles. The molecule has 0 bridgehead atoms. The predicted molar refractivity (Wildman–Crippen MR) is 103 cm³/mol. The number of nitriles is 1. The van der Waals surface area contributed by atoms with Crippen molar-refractivity contribution in [3.8, 4) is 16.6 Å². The van der Waals surface area contributed by atoms with Gasteiger partial charge in [-0.1, -0.05) is 17.7 Å². The van der Waals surface area contributed by atoms with Crippen molar-refractivity contribution < 1.29 is 0 Å². The molecule has 126 valence electrons. The zero-order valence-electron chi connectivity index (χ0n) is 13.6. The maximum absolute atomic E-state index is 9.38. The van der Waals surface area contributed by atoms with Crippen LogP contribution in [0.3, 0.4) is 0 Å². The number of rotatable bonds is 3. The smallest absolute Gasteiger partial charge is 0.151 e. The van der Waals surface area contributed by atoms with Crippen LogP contribution in [-0.2, 0) is 0 Å². The monoisotopic (exact) mass is 378 g/mol. The number of pyridine rings is 1. The molecule has 4 aromatic rings. The first-order valence-corrected chi connectivity index (χ1v) is 8.86. The summed E-state index contributed by atoms with van der Waals surface area (Å²) >= 11 is 7.75. The largest absolute Gasteiger partial charge is 0.324 e. The van der Waals surface area contributed by atoms with Gasteiger partial charge in [-0.05, 0) is 31.2 Å². The van der Waals surface area contributed by atoms with Gasteiger partial charge in [0.1, 0.15) is 16.6 Å². The maximum atomic E-state index is 9.38. The molecule has 0 aliphatic heterocycles. The molecule has 0 aliphatic carbocycles. The lowest BCUT2D eigenvalue weighted by molar-refractivity contribution is 1.05. The van der Waals surface area contributed by atoms with Gasteiger partial charge in [0, 0.05) is 18.0 Å². The second-order valence-electron chi connectivity index (χ2n) is 5.42. The molecule has 26 heavy (non-hydrogen) atoms. The van der Waals surface area contributed by atoms with Crippen LogP contribution in [0.5, 0.6) is 0 Å². The van der Waals surface area contributed by atoms with Crippen molar-refractivity contribution in [3.63, 3.8) is 0 Å². The van der Waals surface area contributed by atoms with E-state index in [1.54, 1.807) is 36.7 Å². The Bertz CT molecular complexity index is 1160. The highest BCUT2D eigenvalue weighted by molar-refractivity contribution is 7.22. The lowest BCUT2D eigenvalue weighted by Gasteiger charge is -2.05. The highest BCUT2D eigenvalue weighted by Gasteiger charge is 2.16. The Morgan fingerprint density at radius 3 is 2.77 bits per heavy atom. The highest BCUT2D eigenvalue weighted by atomic mass is 35.5. The summed E-state index contributed by atoms with van der Waals surface area (Å²) in [5.41, 5.74) is 1.91. The minimum absolute atomic E-state index is 0.491. The maximum Gasteiger partial charge on any atom is 0.151 e. The Morgan fingerprint density at radius 1 is 1.12 bits per heavy atom. The van der Waals surface area contributed by atoms with Crippen LogP contribution in [0.25, 0.3) is 20.8 Å². The minimum Gasteiger partial charge on any atom is -0.324 e. The van der Waals surface area contributed by atoms with Gasteiger partial charge in [0.15, 0.2) is 5.82 Å². The van der Waals surface area contributed by atoms with Gasteiger partial charge >= 0.3 is 0 Å². The number of hydrogen-bond donors (Lipinski definition) is 1. The summed E-state index contributed by atoms with van der Waals surface area (Å²) in [5, 5.41) is 13.8. The molecule has 0 fully saturated rings. The summed E-state index contributed by atoms with van der Waals surface area (Å²) in [6.07, 6.45) is 3.37. The molecule has 0 saturated heterocycles. The van der Waals surface area contributed by atoms with Crippen molar-refractivity contribution in [1.29, 1.82) is 5.26 Å². The highest BCUT2D eigenvalue weighted by Crippen LogP contribution is 2.38. The molecule has 4 rings (SSSR count). The van der Waals surface area contributed by atoms with Crippen LogP contribution in [-0.4, -0.2) is 19.9 Å². The average Bonchev–Trinajstić information content (AvgIpc) is 3.06. The Hall–Kier alpha value is -3.08. The quantitative estimate of drug-likeness (QED) is 0.554. The van der Waals surface area contributed by atoms with Gasteiger partial charge in [-0.25, -0.2) is 19.9 Å². The standard InChI is InChI=1S/C18H11ClN6S/c1-10-21-8-6-14(23-10)25-17-16-13(5-7-22-17)24-18(26-16)15-11(9-20)3-2-4-12(15)19/h2-8H,1H3,(H,21,22,23,25). The molecule has 3 heterocycles. The van der Waals surface area contributed by atoms with E-state index >= 15 is 0 Å². The summed E-state index contributed by atoms with van der Waals surface area (Å²) < 4.78 is 0.863. The van der Waals surface area contributed by atoms with Crippen LogP contribution in [0.2, 0.25) is 5.02 Å². The zero-order chi connectivity index (χ0) is 18.1. The van der Waals surface area contributed by atoms with Gasteiger partial charge in [0.25, 0.3) is 0 Å². The number of nitrogens with one attached hydrogen (secondary N) is 1. The zero-order valence-corrected chi connectivity index (χ0v) is 15.1. The second-order valence-corrected chi connectivity index (χ2v) is 6.82. The van der Waals surface area contributed by atoms with Crippen LogP contribution in [0.4, 0.5) is 11.6 Å². The fraction of sp³-hybridized carbons (Fsp3) is 0.0556. The number of thiazole rings is 1. The molecule has 1 N–H and O–H groups in total. The molecular weight excluding hydrogens is 368 g/mol. The van der Waals surface area contributed by atoms with Crippen LogP contribution >= 0.6 is 22.9 Å². The summed E-state index contributed by atoms with van der Waals surface area (Å²) in [7, 11) is 0. The van der Waals surface area contributed by atoms with Crippen molar-refractivity contribution in [1.82, 2.24) is 19.9 Å². The van der Waals surface area contributed by atoms with E-state index in [1.165, 1.54) is 11.3 Å². The van der Waals surface area contributed by atoms with Gasteiger partial charge in [-0.2, -0.15) is 5.26 Å². The van der Waals surface area contributed by atoms with E-state index in [0.717, 1.165) is 10.2 Å². The van der Waals surface area contributed by atoms with Crippen LogP contribution < -0.4 is 5.32 Å². The first-order valence-electron chi connectivity index (χ1n) is 7.67. The SMILES string of the molecule is Cc1nccc(Nc2nccc3nc(-c4c(Cl)cccc4C#N)sc23)n1. The van der Waals surface area contributed by atoms with Gasteiger partial charge < -0.3 is 5.32 Å². The molecule has 0 spiro atoms. The van der Waals surface area contributed by atoms with Gasteiger partial charge in [0.05, 0.1) is 26.9 Å². The first-order chi connectivity index (χ1) is 12.7. The fourth-order valence-corrected chi connectivity index (χ4v) is 3.93. The lowest BCUT2D eigenvalue weighted by atomic mass is 10.1. The van der Waals surface area contributed by atoms with E-state index in [4.69, 9.17) is 11.6 Å².